The molecule has 19 heavy (non-hydrogen) atoms. The highest BCUT2D eigenvalue weighted by atomic mass is 16.5. The van der Waals surface area contributed by atoms with Gasteiger partial charge in [-0.2, -0.15) is 0 Å². The van der Waals surface area contributed by atoms with E-state index < -0.39 is 5.97 Å². The van der Waals surface area contributed by atoms with Gasteiger partial charge in [-0.1, -0.05) is 24.3 Å². The number of ether oxygens (including phenoxy) is 2. The van der Waals surface area contributed by atoms with Crippen LogP contribution < -0.4 is 10.5 Å². The summed E-state index contributed by atoms with van der Waals surface area (Å²) in [6, 6.07) is 12.6. The van der Waals surface area contributed by atoms with Crippen molar-refractivity contribution in [2.45, 2.75) is 0 Å². The first kappa shape index (κ1) is 13.0. The van der Waals surface area contributed by atoms with Crippen LogP contribution in [-0.2, 0) is 4.74 Å². The minimum atomic E-state index is -0.423. The first-order valence-corrected chi connectivity index (χ1v) is 5.78. The number of hydrogen-bond acceptors (Lipinski definition) is 4. The summed E-state index contributed by atoms with van der Waals surface area (Å²) >= 11 is 0. The SMILES string of the molecule is COC(=O)c1cc(N)ccc1-c1ccccc1OC. The van der Waals surface area contributed by atoms with Gasteiger partial charge in [0.15, 0.2) is 0 Å². The van der Waals surface area contributed by atoms with Crippen LogP contribution in [0.3, 0.4) is 0 Å². The highest BCUT2D eigenvalue weighted by Crippen LogP contribution is 2.33. The van der Waals surface area contributed by atoms with E-state index in [1.807, 2.05) is 24.3 Å². The fraction of sp³-hybridized carbons (Fsp3) is 0.133. The Morgan fingerprint density at radius 3 is 2.47 bits per heavy atom. The van der Waals surface area contributed by atoms with Gasteiger partial charge in [0.1, 0.15) is 5.75 Å². The fourth-order valence-electron chi connectivity index (χ4n) is 1.94. The molecule has 0 aromatic heterocycles. The van der Waals surface area contributed by atoms with E-state index in [1.165, 1.54) is 7.11 Å². The normalized spacial score (nSPS) is 10.0. The van der Waals surface area contributed by atoms with Crippen LogP contribution in [0.4, 0.5) is 5.69 Å². The summed E-state index contributed by atoms with van der Waals surface area (Å²) in [4.78, 5) is 11.8. The summed E-state index contributed by atoms with van der Waals surface area (Å²) in [6.07, 6.45) is 0. The Morgan fingerprint density at radius 2 is 1.79 bits per heavy atom. The minimum Gasteiger partial charge on any atom is -0.496 e. The highest BCUT2D eigenvalue weighted by Gasteiger charge is 2.16. The van der Waals surface area contributed by atoms with Gasteiger partial charge in [0.05, 0.1) is 19.8 Å². The second-order valence-corrected chi connectivity index (χ2v) is 4.00. The number of nitrogen functional groups attached to an aromatic ring is 1. The second kappa shape index (κ2) is 5.44. The number of rotatable bonds is 3. The van der Waals surface area contributed by atoms with E-state index in [0.29, 0.717) is 17.0 Å². The molecule has 98 valence electrons. The molecule has 0 amide bonds. The van der Waals surface area contributed by atoms with Gasteiger partial charge in [-0.05, 0) is 18.2 Å². The van der Waals surface area contributed by atoms with Gasteiger partial charge < -0.3 is 15.2 Å². The maximum atomic E-state index is 11.8. The summed E-state index contributed by atoms with van der Waals surface area (Å²) in [5, 5.41) is 0. The summed E-state index contributed by atoms with van der Waals surface area (Å²) < 4.78 is 10.1. The molecule has 2 rings (SSSR count). The molecule has 0 bridgehead atoms. The van der Waals surface area contributed by atoms with E-state index in [1.54, 1.807) is 25.3 Å². The number of esters is 1. The van der Waals surface area contributed by atoms with Crippen LogP contribution in [0.15, 0.2) is 42.5 Å². The number of para-hydroxylation sites is 1. The van der Waals surface area contributed by atoms with E-state index in [4.69, 9.17) is 15.2 Å². The molecule has 0 aliphatic heterocycles. The van der Waals surface area contributed by atoms with Crippen LogP contribution in [0.2, 0.25) is 0 Å². The zero-order valence-electron chi connectivity index (χ0n) is 10.8. The standard InChI is InChI=1S/C15H15NO3/c1-18-14-6-4-3-5-12(14)11-8-7-10(16)9-13(11)15(17)19-2/h3-9H,16H2,1-2H3. The molecule has 4 nitrogen and oxygen atoms in total. The van der Waals surface area contributed by atoms with Crippen molar-refractivity contribution in [2.24, 2.45) is 0 Å². The summed E-state index contributed by atoms with van der Waals surface area (Å²) in [7, 11) is 2.94. The predicted molar refractivity (Wildman–Crippen MR) is 74.2 cm³/mol. The quantitative estimate of drug-likeness (QED) is 0.678. The molecule has 2 aromatic rings. The number of methoxy groups -OCH3 is 2. The molecular weight excluding hydrogens is 242 g/mol. The van der Waals surface area contributed by atoms with Gasteiger partial charge in [0.2, 0.25) is 0 Å². The van der Waals surface area contributed by atoms with Crippen LogP contribution in [0.25, 0.3) is 11.1 Å². The lowest BCUT2D eigenvalue weighted by atomic mass is 9.98. The number of carbonyl (C=O) groups is 1. The van der Waals surface area contributed by atoms with Gasteiger partial charge in [-0.25, -0.2) is 4.79 Å². The zero-order valence-corrected chi connectivity index (χ0v) is 10.8. The Labute approximate surface area is 111 Å². The van der Waals surface area contributed by atoms with Gasteiger partial charge in [0, 0.05) is 16.8 Å². The van der Waals surface area contributed by atoms with Crippen LogP contribution in [-0.4, -0.2) is 20.2 Å². The van der Waals surface area contributed by atoms with E-state index in [0.717, 1.165) is 11.1 Å². The smallest absolute Gasteiger partial charge is 0.338 e. The van der Waals surface area contributed by atoms with Crippen molar-refractivity contribution in [1.29, 1.82) is 0 Å². The number of anilines is 1. The lowest BCUT2D eigenvalue weighted by Crippen LogP contribution is -2.05. The summed E-state index contributed by atoms with van der Waals surface area (Å²) in [5.41, 5.74) is 8.22. The van der Waals surface area contributed by atoms with E-state index in [9.17, 15) is 4.79 Å². The molecule has 2 N–H and O–H groups in total. The van der Waals surface area contributed by atoms with Gasteiger partial charge >= 0.3 is 5.97 Å². The monoisotopic (exact) mass is 257 g/mol. The molecule has 0 aliphatic carbocycles. The number of nitrogens with two attached hydrogens (primary N) is 1. The van der Waals surface area contributed by atoms with Crippen molar-refractivity contribution < 1.29 is 14.3 Å². The number of benzene rings is 2. The van der Waals surface area contributed by atoms with Gasteiger partial charge in [0.25, 0.3) is 0 Å². The highest BCUT2D eigenvalue weighted by molar-refractivity contribution is 5.99. The van der Waals surface area contributed by atoms with Crippen LogP contribution >= 0.6 is 0 Å². The Hall–Kier alpha value is -2.49. The van der Waals surface area contributed by atoms with E-state index in [-0.39, 0.29) is 0 Å². The number of hydrogen-bond donors (Lipinski definition) is 1. The largest absolute Gasteiger partial charge is 0.496 e. The summed E-state index contributed by atoms with van der Waals surface area (Å²) in [6.45, 7) is 0. The zero-order chi connectivity index (χ0) is 13.8. The molecule has 0 saturated carbocycles. The molecule has 0 unspecified atom stereocenters. The maximum absolute atomic E-state index is 11.8. The fourth-order valence-corrected chi connectivity index (χ4v) is 1.94. The van der Waals surface area contributed by atoms with E-state index >= 15 is 0 Å². The Morgan fingerprint density at radius 1 is 1.05 bits per heavy atom. The van der Waals surface area contributed by atoms with Crippen LogP contribution in [0.5, 0.6) is 5.75 Å². The number of carbonyl (C=O) groups excluding carboxylic acids is 1. The first-order chi connectivity index (χ1) is 9.17. The van der Waals surface area contributed by atoms with Crippen molar-refractivity contribution in [3.8, 4) is 16.9 Å². The summed E-state index contributed by atoms with van der Waals surface area (Å²) in [5.74, 6) is 0.269. The topological polar surface area (TPSA) is 61.5 Å². The third kappa shape index (κ3) is 2.52. The molecule has 0 atom stereocenters. The average molecular weight is 257 g/mol. The Bertz CT molecular complexity index is 608. The molecule has 0 fully saturated rings. The maximum Gasteiger partial charge on any atom is 0.338 e. The Kier molecular flexibility index (Phi) is 3.71. The van der Waals surface area contributed by atoms with E-state index in [2.05, 4.69) is 0 Å². The van der Waals surface area contributed by atoms with Gasteiger partial charge in [-0.3, -0.25) is 0 Å². The minimum absolute atomic E-state index is 0.423. The lowest BCUT2D eigenvalue weighted by molar-refractivity contribution is 0.0601. The second-order valence-electron chi connectivity index (χ2n) is 4.00. The molecule has 2 aromatic carbocycles. The third-order valence-electron chi connectivity index (χ3n) is 2.85. The predicted octanol–water partition coefficient (Wildman–Crippen LogP) is 2.73. The van der Waals surface area contributed by atoms with Crippen LogP contribution in [0, 0.1) is 0 Å². The molecule has 0 saturated heterocycles. The van der Waals surface area contributed by atoms with Crippen molar-refractivity contribution in [2.75, 3.05) is 20.0 Å². The molecule has 0 aliphatic rings. The van der Waals surface area contributed by atoms with Crippen molar-refractivity contribution >= 4 is 11.7 Å². The average Bonchev–Trinajstić information content (AvgIpc) is 2.46. The molecular formula is C15H15NO3. The molecule has 4 heteroatoms. The van der Waals surface area contributed by atoms with Crippen LogP contribution in [0.1, 0.15) is 10.4 Å². The molecule has 0 radical (unpaired) electrons. The van der Waals surface area contributed by atoms with Gasteiger partial charge in [-0.15, -0.1) is 0 Å². The molecule has 0 spiro atoms. The first-order valence-electron chi connectivity index (χ1n) is 5.78. The third-order valence-corrected chi connectivity index (χ3v) is 2.85. The lowest BCUT2D eigenvalue weighted by Gasteiger charge is -2.12. The Balaban J connectivity index is 2.65. The van der Waals surface area contributed by atoms with Crippen molar-refractivity contribution in [1.82, 2.24) is 0 Å². The van der Waals surface area contributed by atoms with Crippen molar-refractivity contribution in [3.05, 3.63) is 48.0 Å². The van der Waals surface area contributed by atoms with Crippen molar-refractivity contribution in [3.63, 3.8) is 0 Å². The molecule has 0 heterocycles.